The Bertz CT molecular complexity index is 73.6. The van der Waals surface area contributed by atoms with Gasteiger partial charge < -0.3 is 0 Å². The fraction of sp³-hybridized carbons (Fsp3) is 1.00. The summed E-state index contributed by atoms with van der Waals surface area (Å²) in [5.74, 6) is 6.50. The predicted octanol–water partition coefficient (Wildman–Crippen LogP) is 2.01. The van der Waals surface area contributed by atoms with E-state index >= 15 is 0 Å². The Kier molecular flexibility index (Phi) is 6.57. The van der Waals surface area contributed by atoms with E-state index in [0.717, 1.165) is 25.4 Å². The number of nitrogens with zero attached hydrogens (tertiary/aromatic N) is 1. The molecule has 2 heteroatoms. The van der Waals surface area contributed by atoms with Gasteiger partial charge in [-0.25, -0.2) is 5.01 Å². The van der Waals surface area contributed by atoms with Crippen molar-refractivity contribution in [2.45, 2.75) is 40.0 Å². The first-order valence-electron chi connectivity index (χ1n) is 4.70. The Morgan fingerprint density at radius 3 is 2.36 bits per heavy atom. The Labute approximate surface area is 70.7 Å². The summed E-state index contributed by atoms with van der Waals surface area (Å²) in [6.45, 7) is 8.70. The van der Waals surface area contributed by atoms with Crippen molar-refractivity contribution in [3.05, 3.63) is 0 Å². The van der Waals surface area contributed by atoms with Gasteiger partial charge in [-0.3, -0.25) is 5.84 Å². The van der Waals surface area contributed by atoms with Crippen LogP contribution >= 0.6 is 0 Å². The van der Waals surface area contributed by atoms with Gasteiger partial charge in [-0.1, -0.05) is 27.2 Å². The van der Waals surface area contributed by atoms with Gasteiger partial charge in [0.2, 0.25) is 0 Å². The molecule has 0 amide bonds. The Balaban J connectivity index is 3.32. The molecule has 0 saturated carbocycles. The van der Waals surface area contributed by atoms with Crippen LogP contribution < -0.4 is 5.84 Å². The zero-order valence-electron chi connectivity index (χ0n) is 8.14. The fourth-order valence-electron chi connectivity index (χ4n) is 1.36. The van der Waals surface area contributed by atoms with Crippen molar-refractivity contribution in [3.63, 3.8) is 0 Å². The first-order chi connectivity index (χ1) is 5.20. The minimum absolute atomic E-state index is 0.747. The van der Waals surface area contributed by atoms with Crippen LogP contribution in [0, 0.1) is 5.92 Å². The second-order valence-corrected chi connectivity index (χ2v) is 3.39. The van der Waals surface area contributed by atoms with Gasteiger partial charge in [-0.05, 0) is 18.8 Å². The molecule has 0 aromatic carbocycles. The molecule has 0 spiro atoms. The SMILES string of the molecule is CCCC(C)CN(N)CCC. The maximum absolute atomic E-state index is 5.75. The van der Waals surface area contributed by atoms with E-state index in [1.807, 2.05) is 5.01 Å². The van der Waals surface area contributed by atoms with Gasteiger partial charge in [0, 0.05) is 13.1 Å². The number of hydrogen-bond acceptors (Lipinski definition) is 2. The molecule has 0 fully saturated rings. The lowest BCUT2D eigenvalue weighted by Gasteiger charge is -2.19. The van der Waals surface area contributed by atoms with Crippen LogP contribution in [0.4, 0.5) is 0 Å². The molecule has 1 unspecified atom stereocenters. The summed E-state index contributed by atoms with van der Waals surface area (Å²) in [5.41, 5.74) is 0. The first kappa shape index (κ1) is 10.9. The molecule has 0 bridgehead atoms. The van der Waals surface area contributed by atoms with Gasteiger partial charge in [0.05, 0.1) is 0 Å². The van der Waals surface area contributed by atoms with Crippen molar-refractivity contribution in [3.8, 4) is 0 Å². The molecule has 0 rings (SSSR count). The van der Waals surface area contributed by atoms with Gasteiger partial charge in [0.25, 0.3) is 0 Å². The highest BCUT2D eigenvalue weighted by atomic mass is 15.4. The molecular weight excluding hydrogens is 136 g/mol. The number of hydrazine groups is 1. The average molecular weight is 158 g/mol. The summed E-state index contributed by atoms with van der Waals surface area (Å²) in [6, 6.07) is 0. The monoisotopic (exact) mass is 158 g/mol. The van der Waals surface area contributed by atoms with E-state index in [9.17, 15) is 0 Å². The van der Waals surface area contributed by atoms with E-state index in [4.69, 9.17) is 5.84 Å². The summed E-state index contributed by atoms with van der Waals surface area (Å²) >= 11 is 0. The third-order valence-corrected chi connectivity index (χ3v) is 1.84. The van der Waals surface area contributed by atoms with Crippen LogP contribution in [0.5, 0.6) is 0 Å². The smallest absolute Gasteiger partial charge is 0.0154 e. The van der Waals surface area contributed by atoms with E-state index in [-0.39, 0.29) is 0 Å². The van der Waals surface area contributed by atoms with Gasteiger partial charge in [0.15, 0.2) is 0 Å². The summed E-state index contributed by atoms with van der Waals surface area (Å²) in [4.78, 5) is 0. The Hall–Kier alpha value is -0.0800. The third-order valence-electron chi connectivity index (χ3n) is 1.84. The summed E-state index contributed by atoms with van der Waals surface area (Å²) in [7, 11) is 0. The molecule has 0 aromatic heterocycles. The van der Waals surface area contributed by atoms with Crippen LogP contribution in [-0.2, 0) is 0 Å². The third kappa shape index (κ3) is 6.32. The summed E-state index contributed by atoms with van der Waals surface area (Å²) < 4.78 is 0. The van der Waals surface area contributed by atoms with E-state index in [1.54, 1.807) is 0 Å². The van der Waals surface area contributed by atoms with Gasteiger partial charge in [-0.15, -0.1) is 0 Å². The lowest BCUT2D eigenvalue weighted by Crippen LogP contribution is -2.35. The van der Waals surface area contributed by atoms with Gasteiger partial charge >= 0.3 is 0 Å². The van der Waals surface area contributed by atoms with Crippen LogP contribution in [0.25, 0.3) is 0 Å². The molecule has 11 heavy (non-hydrogen) atoms. The molecule has 0 heterocycles. The standard InChI is InChI=1S/C9H22N2/c1-4-6-9(3)8-11(10)7-5-2/h9H,4-8,10H2,1-3H3. The van der Waals surface area contributed by atoms with Crippen LogP contribution in [0.3, 0.4) is 0 Å². The van der Waals surface area contributed by atoms with Crippen LogP contribution in [-0.4, -0.2) is 18.1 Å². The molecule has 1 atom stereocenters. The molecule has 68 valence electrons. The maximum atomic E-state index is 5.75. The van der Waals surface area contributed by atoms with Crippen molar-refractivity contribution in [2.75, 3.05) is 13.1 Å². The number of rotatable bonds is 6. The van der Waals surface area contributed by atoms with Crippen LogP contribution in [0.2, 0.25) is 0 Å². The zero-order valence-corrected chi connectivity index (χ0v) is 8.14. The minimum atomic E-state index is 0.747. The highest BCUT2D eigenvalue weighted by molar-refractivity contribution is 4.56. The quantitative estimate of drug-likeness (QED) is 0.473. The second-order valence-electron chi connectivity index (χ2n) is 3.39. The largest absolute Gasteiger partial charge is 0.269 e. The average Bonchev–Trinajstić information content (AvgIpc) is 1.87. The van der Waals surface area contributed by atoms with E-state index in [2.05, 4.69) is 20.8 Å². The molecule has 0 aliphatic heterocycles. The number of nitrogens with two attached hydrogens (primary N) is 1. The van der Waals surface area contributed by atoms with Crippen molar-refractivity contribution in [1.29, 1.82) is 0 Å². The Morgan fingerprint density at radius 2 is 1.91 bits per heavy atom. The van der Waals surface area contributed by atoms with E-state index < -0.39 is 0 Å². The summed E-state index contributed by atoms with van der Waals surface area (Å²) in [6.07, 6.45) is 3.70. The fourth-order valence-corrected chi connectivity index (χ4v) is 1.36. The highest BCUT2D eigenvalue weighted by Gasteiger charge is 2.03. The lowest BCUT2D eigenvalue weighted by molar-refractivity contribution is 0.238. The van der Waals surface area contributed by atoms with Crippen molar-refractivity contribution in [2.24, 2.45) is 11.8 Å². The molecular formula is C9H22N2. The first-order valence-corrected chi connectivity index (χ1v) is 4.70. The van der Waals surface area contributed by atoms with Gasteiger partial charge in [0.1, 0.15) is 0 Å². The maximum Gasteiger partial charge on any atom is 0.0154 e. The topological polar surface area (TPSA) is 29.3 Å². The molecule has 0 aliphatic carbocycles. The predicted molar refractivity (Wildman–Crippen MR) is 50.1 cm³/mol. The lowest BCUT2D eigenvalue weighted by atomic mass is 10.1. The normalized spacial score (nSPS) is 13.9. The highest BCUT2D eigenvalue weighted by Crippen LogP contribution is 2.05. The van der Waals surface area contributed by atoms with Crippen LogP contribution in [0.15, 0.2) is 0 Å². The molecule has 2 N–H and O–H groups in total. The van der Waals surface area contributed by atoms with Crippen molar-refractivity contribution < 1.29 is 0 Å². The zero-order chi connectivity index (χ0) is 8.69. The molecule has 0 radical (unpaired) electrons. The Morgan fingerprint density at radius 1 is 1.27 bits per heavy atom. The minimum Gasteiger partial charge on any atom is -0.269 e. The number of hydrogen-bond donors (Lipinski definition) is 1. The molecule has 2 nitrogen and oxygen atoms in total. The van der Waals surface area contributed by atoms with Crippen LogP contribution in [0.1, 0.15) is 40.0 Å². The summed E-state index contributed by atoms with van der Waals surface area (Å²) in [5, 5.41) is 1.93. The molecule has 0 saturated heterocycles. The molecule has 0 aliphatic rings. The van der Waals surface area contributed by atoms with E-state index in [1.165, 1.54) is 12.8 Å². The molecule has 0 aromatic rings. The van der Waals surface area contributed by atoms with Crippen molar-refractivity contribution >= 4 is 0 Å². The second kappa shape index (κ2) is 6.62. The van der Waals surface area contributed by atoms with Gasteiger partial charge in [-0.2, -0.15) is 0 Å². The van der Waals surface area contributed by atoms with E-state index in [0.29, 0.717) is 0 Å². The van der Waals surface area contributed by atoms with Crippen molar-refractivity contribution in [1.82, 2.24) is 5.01 Å².